The van der Waals surface area contributed by atoms with Crippen LogP contribution in [0.1, 0.15) is 18.4 Å². The number of pyridine rings is 1. The Morgan fingerprint density at radius 1 is 1.09 bits per heavy atom. The van der Waals surface area contributed by atoms with Crippen LogP contribution >= 0.6 is 0 Å². The van der Waals surface area contributed by atoms with E-state index in [1.165, 1.54) is 7.11 Å². The van der Waals surface area contributed by atoms with E-state index in [0.717, 1.165) is 17.0 Å². The van der Waals surface area contributed by atoms with Crippen LogP contribution in [-0.4, -0.2) is 44.0 Å². The highest BCUT2D eigenvalue weighted by molar-refractivity contribution is 7.92. The number of nitrogens with one attached hydrogen (secondary N) is 1. The lowest BCUT2D eigenvalue weighted by molar-refractivity contribution is -0.118. The van der Waals surface area contributed by atoms with Gasteiger partial charge in [0.1, 0.15) is 11.8 Å². The molecule has 2 heterocycles. The Kier molecular flexibility index (Phi) is 5.72. The molecule has 2 unspecified atom stereocenters. The maximum absolute atomic E-state index is 13.2. The van der Waals surface area contributed by atoms with Gasteiger partial charge in [0.05, 0.1) is 23.2 Å². The third-order valence-electron chi connectivity index (χ3n) is 5.65. The van der Waals surface area contributed by atoms with Gasteiger partial charge in [-0.2, -0.15) is 13.2 Å². The summed E-state index contributed by atoms with van der Waals surface area (Å²) in [5, 5.41) is 3.28. The second-order valence-electron chi connectivity index (χ2n) is 7.59. The molecule has 1 saturated heterocycles. The number of carbonyl (C=O) groups is 2. The van der Waals surface area contributed by atoms with Crippen LogP contribution in [-0.2, 0) is 14.6 Å². The van der Waals surface area contributed by atoms with E-state index in [-0.39, 0.29) is 5.69 Å². The Morgan fingerprint density at radius 2 is 1.76 bits per heavy atom. The van der Waals surface area contributed by atoms with Crippen molar-refractivity contribution in [3.63, 3.8) is 0 Å². The van der Waals surface area contributed by atoms with Gasteiger partial charge in [0.25, 0.3) is 15.7 Å². The van der Waals surface area contributed by atoms with Crippen LogP contribution in [0.5, 0.6) is 5.75 Å². The predicted molar refractivity (Wildman–Crippen MR) is 116 cm³/mol. The number of amides is 3. The second kappa shape index (κ2) is 8.28. The number of methoxy groups -OCH3 is 1. The van der Waals surface area contributed by atoms with E-state index in [1.54, 1.807) is 37.4 Å². The summed E-state index contributed by atoms with van der Waals surface area (Å²) in [5.41, 5.74) is -4.19. The summed E-state index contributed by atoms with van der Waals surface area (Å²) in [6.45, 7) is 1.74. The number of carbonyl (C=O) groups excluding carboxylic acids is 2. The first-order valence-corrected chi connectivity index (χ1v) is 11.4. The average molecular weight is 493 g/mol. The van der Waals surface area contributed by atoms with Crippen molar-refractivity contribution < 1.29 is 35.9 Å². The summed E-state index contributed by atoms with van der Waals surface area (Å²) in [6.07, 6.45) is 1.58. The number of fused-ring (bicyclic) bond motifs is 1. The Balaban J connectivity index is 1.66. The number of hydrogen-bond acceptors (Lipinski definition) is 6. The summed E-state index contributed by atoms with van der Waals surface area (Å²) in [4.78, 5) is 29.9. The number of halogens is 3. The molecule has 3 aromatic rings. The first-order chi connectivity index (χ1) is 16.0. The fourth-order valence-corrected chi connectivity index (χ4v) is 4.68. The number of alkyl halides is 3. The number of sulfone groups is 1. The highest BCUT2D eigenvalue weighted by Crippen LogP contribution is 2.36. The highest BCUT2D eigenvalue weighted by atomic mass is 32.2. The minimum absolute atomic E-state index is 0.0597. The van der Waals surface area contributed by atoms with Gasteiger partial charge in [-0.1, -0.05) is 13.0 Å². The third-order valence-corrected chi connectivity index (χ3v) is 7.15. The molecule has 0 aliphatic carbocycles. The summed E-state index contributed by atoms with van der Waals surface area (Å²) in [7, 11) is -4.05. The number of anilines is 1. The SMILES string of the molecule is COc1cccc2nccc(C(C)C3NC(=O)N(c4ccc(S(=O)(=O)C(F)(F)F)cc4)C3=O)c12. The molecular formula is C22H18F3N3O5S. The molecular weight excluding hydrogens is 475 g/mol. The minimum Gasteiger partial charge on any atom is -0.496 e. The first-order valence-electron chi connectivity index (χ1n) is 9.95. The van der Waals surface area contributed by atoms with Gasteiger partial charge in [0.2, 0.25) is 0 Å². The Labute approximate surface area is 192 Å². The molecule has 1 aliphatic heterocycles. The van der Waals surface area contributed by atoms with Crippen molar-refractivity contribution in [3.8, 4) is 5.75 Å². The van der Waals surface area contributed by atoms with Gasteiger partial charge in [-0.05, 0) is 48.0 Å². The minimum atomic E-state index is -5.55. The predicted octanol–water partition coefficient (Wildman–Crippen LogP) is 3.77. The van der Waals surface area contributed by atoms with E-state index in [0.29, 0.717) is 34.3 Å². The molecule has 0 radical (unpaired) electrons. The van der Waals surface area contributed by atoms with Crippen LogP contribution in [0.15, 0.2) is 59.6 Å². The molecule has 1 aliphatic rings. The second-order valence-corrected chi connectivity index (χ2v) is 9.53. The number of aromatic nitrogens is 1. The van der Waals surface area contributed by atoms with Crippen molar-refractivity contribution in [3.05, 3.63) is 60.3 Å². The van der Waals surface area contributed by atoms with Crippen molar-refractivity contribution >= 4 is 38.4 Å². The number of hydrogen-bond donors (Lipinski definition) is 1. The van der Waals surface area contributed by atoms with E-state index >= 15 is 0 Å². The number of rotatable bonds is 5. The van der Waals surface area contributed by atoms with Crippen molar-refractivity contribution in [2.45, 2.75) is 29.3 Å². The maximum atomic E-state index is 13.2. The van der Waals surface area contributed by atoms with E-state index in [2.05, 4.69) is 10.3 Å². The molecule has 8 nitrogen and oxygen atoms in total. The first kappa shape index (κ1) is 23.5. The fraction of sp³-hybridized carbons (Fsp3) is 0.227. The highest BCUT2D eigenvalue weighted by Gasteiger charge is 2.47. The molecule has 2 aromatic carbocycles. The zero-order valence-electron chi connectivity index (χ0n) is 17.8. The molecule has 178 valence electrons. The van der Waals surface area contributed by atoms with Crippen LogP contribution in [0.2, 0.25) is 0 Å². The Morgan fingerprint density at radius 3 is 2.38 bits per heavy atom. The lowest BCUT2D eigenvalue weighted by Crippen LogP contribution is -2.35. The van der Waals surface area contributed by atoms with Gasteiger partial charge in [0.15, 0.2) is 0 Å². The largest absolute Gasteiger partial charge is 0.501 e. The lowest BCUT2D eigenvalue weighted by atomic mass is 9.90. The molecule has 34 heavy (non-hydrogen) atoms. The number of urea groups is 1. The van der Waals surface area contributed by atoms with Crippen molar-refractivity contribution in [2.75, 3.05) is 12.0 Å². The van der Waals surface area contributed by atoms with Crippen LogP contribution < -0.4 is 15.0 Å². The smallest absolute Gasteiger partial charge is 0.496 e. The van der Waals surface area contributed by atoms with E-state index < -0.39 is 44.1 Å². The zero-order valence-corrected chi connectivity index (χ0v) is 18.6. The maximum Gasteiger partial charge on any atom is 0.501 e. The summed E-state index contributed by atoms with van der Waals surface area (Å²) in [5.74, 6) is -0.612. The standard InChI is InChI=1S/C22H18F3N3O5S/c1-12(15-10-11-26-16-4-3-5-17(33-2)18(15)16)19-20(29)28(21(30)27-19)13-6-8-14(9-7-13)34(31,32)22(23,24)25/h3-12,19H,1-2H3,(H,27,30). The topological polar surface area (TPSA) is 106 Å². The molecule has 3 amide bonds. The molecule has 1 aromatic heterocycles. The molecule has 1 fully saturated rings. The third kappa shape index (κ3) is 3.73. The van der Waals surface area contributed by atoms with Gasteiger partial charge < -0.3 is 10.1 Å². The van der Waals surface area contributed by atoms with Crippen LogP contribution in [0.25, 0.3) is 10.9 Å². The van der Waals surface area contributed by atoms with E-state index in [4.69, 9.17) is 4.74 Å². The zero-order chi connectivity index (χ0) is 24.8. The van der Waals surface area contributed by atoms with Gasteiger partial charge in [-0.25, -0.2) is 18.1 Å². The monoisotopic (exact) mass is 493 g/mol. The van der Waals surface area contributed by atoms with E-state index in [9.17, 15) is 31.2 Å². The number of benzene rings is 2. The molecule has 1 N–H and O–H groups in total. The Bertz CT molecular complexity index is 1390. The quantitative estimate of drug-likeness (QED) is 0.543. The number of ether oxygens (including phenoxy) is 1. The van der Waals surface area contributed by atoms with Gasteiger partial charge in [0, 0.05) is 17.5 Å². The molecule has 4 rings (SSSR count). The summed E-state index contributed by atoms with van der Waals surface area (Å²) < 4.78 is 66.9. The summed E-state index contributed by atoms with van der Waals surface area (Å²) in [6, 6.07) is 8.63. The molecule has 0 saturated carbocycles. The molecule has 2 atom stereocenters. The average Bonchev–Trinajstić information content (AvgIpc) is 3.10. The van der Waals surface area contributed by atoms with Gasteiger partial charge in [-0.3, -0.25) is 9.78 Å². The van der Waals surface area contributed by atoms with Crippen LogP contribution in [0.4, 0.5) is 23.7 Å². The number of nitrogens with zero attached hydrogens (tertiary/aromatic N) is 2. The molecule has 0 spiro atoms. The normalized spacial score (nSPS) is 17.7. The Hall–Kier alpha value is -3.67. The van der Waals surface area contributed by atoms with Gasteiger partial charge in [-0.15, -0.1) is 0 Å². The lowest BCUT2D eigenvalue weighted by Gasteiger charge is -2.20. The van der Waals surface area contributed by atoms with Crippen LogP contribution in [0.3, 0.4) is 0 Å². The van der Waals surface area contributed by atoms with Crippen molar-refractivity contribution in [2.24, 2.45) is 0 Å². The summed E-state index contributed by atoms with van der Waals surface area (Å²) >= 11 is 0. The van der Waals surface area contributed by atoms with Crippen LogP contribution in [0, 0.1) is 0 Å². The molecule has 12 heteroatoms. The van der Waals surface area contributed by atoms with Gasteiger partial charge >= 0.3 is 11.5 Å². The number of imide groups is 1. The van der Waals surface area contributed by atoms with Crippen molar-refractivity contribution in [1.29, 1.82) is 0 Å². The fourth-order valence-electron chi connectivity index (χ4n) is 3.92. The molecule has 0 bridgehead atoms. The van der Waals surface area contributed by atoms with Crippen molar-refractivity contribution in [1.82, 2.24) is 10.3 Å². The van der Waals surface area contributed by atoms with E-state index in [1.807, 2.05) is 0 Å².